The molecule has 0 saturated heterocycles. The third-order valence-electron chi connectivity index (χ3n) is 2.41. The summed E-state index contributed by atoms with van der Waals surface area (Å²) in [5.41, 5.74) is 1.11. The maximum absolute atomic E-state index is 11.7. The van der Waals surface area contributed by atoms with Gasteiger partial charge in [0, 0.05) is 19.7 Å². The average molecular weight is 233 g/mol. The monoisotopic (exact) mass is 233 g/mol. The lowest BCUT2D eigenvalue weighted by molar-refractivity contribution is -0.127. The molecule has 0 aromatic heterocycles. The number of benzene rings is 1. The smallest absolute Gasteiger partial charge is 0.246 e. The van der Waals surface area contributed by atoms with Crippen molar-refractivity contribution in [2.24, 2.45) is 0 Å². The third-order valence-corrected chi connectivity index (χ3v) is 2.41. The van der Waals surface area contributed by atoms with Gasteiger partial charge in [-0.15, -0.1) is 0 Å². The van der Waals surface area contributed by atoms with E-state index in [0.717, 1.165) is 5.56 Å². The van der Waals surface area contributed by atoms with Crippen LogP contribution in [-0.4, -0.2) is 30.6 Å². The van der Waals surface area contributed by atoms with Gasteiger partial charge in [0.2, 0.25) is 5.91 Å². The molecule has 17 heavy (non-hydrogen) atoms. The van der Waals surface area contributed by atoms with Crippen molar-refractivity contribution in [3.63, 3.8) is 0 Å². The Morgan fingerprint density at radius 3 is 2.71 bits per heavy atom. The Labute approximate surface area is 103 Å². The second kappa shape index (κ2) is 7.63. The van der Waals surface area contributed by atoms with Crippen LogP contribution in [0.1, 0.15) is 12.5 Å². The largest absolute Gasteiger partial charge is 0.380 e. The third kappa shape index (κ3) is 4.83. The van der Waals surface area contributed by atoms with Crippen LogP contribution in [-0.2, 0) is 16.1 Å². The minimum absolute atomic E-state index is 0.0615. The van der Waals surface area contributed by atoms with Gasteiger partial charge >= 0.3 is 0 Å². The van der Waals surface area contributed by atoms with E-state index in [0.29, 0.717) is 26.3 Å². The highest BCUT2D eigenvalue weighted by atomic mass is 16.5. The van der Waals surface area contributed by atoms with Crippen LogP contribution in [0.15, 0.2) is 43.0 Å². The molecule has 0 aliphatic heterocycles. The summed E-state index contributed by atoms with van der Waals surface area (Å²) in [5.74, 6) is -0.0615. The van der Waals surface area contributed by atoms with Crippen LogP contribution in [0.4, 0.5) is 0 Å². The Bertz CT molecular complexity index is 348. The molecule has 92 valence electrons. The van der Waals surface area contributed by atoms with E-state index in [4.69, 9.17) is 4.74 Å². The van der Waals surface area contributed by atoms with Crippen molar-refractivity contribution in [2.75, 3.05) is 19.8 Å². The van der Waals surface area contributed by atoms with Crippen molar-refractivity contribution in [3.05, 3.63) is 48.6 Å². The zero-order valence-corrected chi connectivity index (χ0v) is 10.3. The van der Waals surface area contributed by atoms with Crippen molar-refractivity contribution in [1.82, 2.24) is 4.90 Å². The number of carbonyl (C=O) groups is 1. The molecule has 1 rings (SSSR count). The second-order valence-corrected chi connectivity index (χ2v) is 3.65. The SMILES string of the molecule is C=CC(=O)N(CCOCC)Cc1ccccc1. The Hall–Kier alpha value is -1.61. The predicted octanol–water partition coefficient (Wildman–Crippen LogP) is 2.24. The molecule has 0 unspecified atom stereocenters. The number of hydrogen-bond donors (Lipinski definition) is 0. The van der Waals surface area contributed by atoms with Gasteiger partial charge in [-0.25, -0.2) is 0 Å². The summed E-state index contributed by atoms with van der Waals surface area (Å²) in [7, 11) is 0. The van der Waals surface area contributed by atoms with Gasteiger partial charge in [-0.3, -0.25) is 4.79 Å². The van der Waals surface area contributed by atoms with E-state index in [1.165, 1.54) is 6.08 Å². The fraction of sp³-hybridized carbons (Fsp3) is 0.357. The summed E-state index contributed by atoms with van der Waals surface area (Å²) in [6.07, 6.45) is 1.34. The first-order valence-electron chi connectivity index (χ1n) is 5.81. The van der Waals surface area contributed by atoms with Crippen molar-refractivity contribution in [2.45, 2.75) is 13.5 Å². The molecular formula is C14H19NO2. The van der Waals surface area contributed by atoms with Gasteiger partial charge in [-0.1, -0.05) is 36.9 Å². The number of ether oxygens (including phenoxy) is 1. The molecule has 0 fully saturated rings. The molecule has 1 amide bonds. The van der Waals surface area contributed by atoms with Crippen LogP contribution in [0.5, 0.6) is 0 Å². The zero-order valence-electron chi connectivity index (χ0n) is 10.3. The predicted molar refractivity (Wildman–Crippen MR) is 68.5 cm³/mol. The highest BCUT2D eigenvalue weighted by molar-refractivity contribution is 5.86. The van der Waals surface area contributed by atoms with Crippen LogP contribution in [0.2, 0.25) is 0 Å². The van der Waals surface area contributed by atoms with E-state index in [9.17, 15) is 4.79 Å². The van der Waals surface area contributed by atoms with Crippen LogP contribution in [0, 0.1) is 0 Å². The second-order valence-electron chi connectivity index (χ2n) is 3.65. The van der Waals surface area contributed by atoms with Gasteiger partial charge in [0.15, 0.2) is 0 Å². The molecule has 0 spiro atoms. The lowest BCUT2D eigenvalue weighted by Crippen LogP contribution is -2.32. The number of hydrogen-bond acceptors (Lipinski definition) is 2. The molecule has 0 radical (unpaired) electrons. The van der Waals surface area contributed by atoms with E-state index in [-0.39, 0.29) is 5.91 Å². The first kappa shape index (κ1) is 13.5. The Balaban J connectivity index is 2.57. The molecule has 1 aromatic rings. The van der Waals surface area contributed by atoms with Crippen molar-refractivity contribution in [1.29, 1.82) is 0 Å². The lowest BCUT2D eigenvalue weighted by Gasteiger charge is -2.21. The van der Waals surface area contributed by atoms with Gasteiger partial charge < -0.3 is 9.64 Å². The first-order chi connectivity index (χ1) is 8.27. The van der Waals surface area contributed by atoms with Gasteiger partial charge in [-0.05, 0) is 18.6 Å². The summed E-state index contributed by atoms with van der Waals surface area (Å²) in [6, 6.07) is 9.90. The van der Waals surface area contributed by atoms with Gasteiger partial charge in [0.25, 0.3) is 0 Å². The average Bonchev–Trinajstić information content (AvgIpc) is 2.38. The fourth-order valence-electron chi connectivity index (χ4n) is 1.52. The standard InChI is InChI=1S/C14H19NO2/c1-3-14(16)15(10-11-17-4-2)12-13-8-6-5-7-9-13/h3,5-9H,1,4,10-12H2,2H3. The highest BCUT2D eigenvalue weighted by Gasteiger charge is 2.10. The van der Waals surface area contributed by atoms with Gasteiger partial charge in [0.1, 0.15) is 0 Å². The van der Waals surface area contributed by atoms with Crippen LogP contribution >= 0.6 is 0 Å². The van der Waals surface area contributed by atoms with Crippen molar-refractivity contribution < 1.29 is 9.53 Å². The summed E-state index contributed by atoms with van der Waals surface area (Å²) in [6.45, 7) is 7.87. The molecule has 0 atom stereocenters. The summed E-state index contributed by atoms with van der Waals surface area (Å²) in [4.78, 5) is 13.4. The zero-order chi connectivity index (χ0) is 12.5. The van der Waals surface area contributed by atoms with E-state index >= 15 is 0 Å². The molecule has 0 aliphatic rings. The fourth-order valence-corrected chi connectivity index (χ4v) is 1.52. The minimum atomic E-state index is -0.0615. The van der Waals surface area contributed by atoms with E-state index in [2.05, 4.69) is 6.58 Å². The van der Waals surface area contributed by atoms with E-state index < -0.39 is 0 Å². The highest BCUT2D eigenvalue weighted by Crippen LogP contribution is 2.05. The molecule has 3 nitrogen and oxygen atoms in total. The van der Waals surface area contributed by atoms with E-state index in [1.807, 2.05) is 37.3 Å². The molecular weight excluding hydrogens is 214 g/mol. The van der Waals surface area contributed by atoms with Crippen molar-refractivity contribution in [3.8, 4) is 0 Å². The van der Waals surface area contributed by atoms with Gasteiger partial charge in [-0.2, -0.15) is 0 Å². The van der Waals surface area contributed by atoms with Crippen LogP contribution in [0.25, 0.3) is 0 Å². The maximum atomic E-state index is 11.7. The van der Waals surface area contributed by atoms with E-state index in [1.54, 1.807) is 4.90 Å². The number of carbonyl (C=O) groups excluding carboxylic acids is 1. The molecule has 0 bridgehead atoms. The maximum Gasteiger partial charge on any atom is 0.246 e. The summed E-state index contributed by atoms with van der Waals surface area (Å²) in [5, 5.41) is 0. The molecule has 1 aromatic carbocycles. The quantitative estimate of drug-likeness (QED) is 0.534. The van der Waals surface area contributed by atoms with Gasteiger partial charge in [0.05, 0.1) is 6.61 Å². The normalized spacial score (nSPS) is 9.94. The summed E-state index contributed by atoms with van der Waals surface area (Å²) >= 11 is 0. The molecule has 0 heterocycles. The van der Waals surface area contributed by atoms with Crippen LogP contribution < -0.4 is 0 Å². The number of rotatable bonds is 7. The van der Waals surface area contributed by atoms with Crippen molar-refractivity contribution >= 4 is 5.91 Å². The molecule has 3 heteroatoms. The number of amides is 1. The number of nitrogens with zero attached hydrogens (tertiary/aromatic N) is 1. The minimum Gasteiger partial charge on any atom is -0.380 e. The Morgan fingerprint density at radius 1 is 1.41 bits per heavy atom. The topological polar surface area (TPSA) is 29.5 Å². The lowest BCUT2D eigenvalue weighted by atomic mass is 10.2. The Morgan fingerprint density at radius 2 is 2.12 bits per heavy atom. The first-order valence-corrected chi connectivity index (χ1v) is 5.81. The van der Waals surface area contributed by atoms with Crippen LogP contribution in [0.3, 0.4) is 0 Å². The molecule has 0 N–H and O–H groups in total. The molecule has 0 aliphatic carbocycles. The Kier molecular flexibility index (Phi) is 6.04. The summed E-state index contributed by atoms with van der Waals surface area (Å²) < 4.78 is 5.27. The molecule has 0 saturated carbocycles.